The van der Waals surface area contributed by atoms with E-state index >= 15 is 0 Å². The summed E-state index contributed by atoms with van der Waals surface area (Å²) in [6, 6.07) is 16.3. The zero-order chi connectivity index (χ0) is 19.9. The van der Waals surface area contributed by atoms with Gasteiger partial charge in [-0.15, -0.1) is 0 Å². The van der Waals surface area contributed by atoms with E-state index in [2.05, 4.69) is 12.2 Å². The molecule has 0 aromatic heterocycles. The van der Waals surface area contributed by atoms with E-state index in [9.17, 15) is 9.59 Å². The van der Waals surface area contributed by atoms with Crippen molar-refractivity contribution in [3.63, 3.8) is 0 Å². The molecule has 2 aromatic rings. The van der Waals surface area contributed by atoms with Crippen LogP contribution in [0.4, 0.5) is 0 Å². The van der Waals surface area contributed by atoms with Gasteiger partial charge in [-0.2, -0.15) is 0 Å². The maximum absolute atomic E-state index is 13.1. The number of benzene rings is 2. The Kier molecular flexibility index (Phi) is 6.48. The number of nitrogens with zero attached hydrogens (tertiary/aromatic N) is 1. The molecule has 0 atom stereocenters. The summed E-state index contributed by atoms with van der Waals surface area (Å²) < 4.78 is 5.18. The Labute approximate surface area is 166 Å². The zero-order valence-corrected chi connectivity index (χ0v) is 16.4. The van der Waals surface area contributed by atoms with Crippen LogP contribution in [0, 0.1) is 5.92 Å². The number of methoxy groups -OCH3 is 1. The lowest BCUT2D eigenvalue weighted by atomic mass is 9.99. The predicted molar refractivity (Wildman–Crippen MR) is 110 cm³/mol. The van der Waals surface area contributed by atoms with E-state index < -0.39 is 0 Å². The van der Waals surface area contributed by atoms with Crippen LogP contribution in [0.25, 0.3) is 6.08 Å². The molecule has 146 valence electrons. The lowest BCUT2D eigenvalue weighted by molar-refractivity contribution is -0.128. The largest absolute Gasteiger partial charge is 0.497 e. The third kappa shape index (κ3) is 5.00. The van der Waals surface area contributed by atoms with E-state index in [1.54, 1.807) is 37.5 Å². The van der Waals surface area contributed by atoms with Crippen molar-refractivity contribution >= 4 is 17.9 Å². The maximum atomic E-state index is 13.1. The molecule has 1 fully saturated rings. The van der Waals surface area contributed by atoms with Gasteiger partial charge in [0.1, 0.15) is 11.4 Å². The molecule has 1 aliphatic rings. The van der Waals surface area contributed by atoms with Crippen molar-refractivity contribution in [1.82, 2.24) is 10.2 Å². The van der Waals surface area contributed by atoms with E-state index in [1.807, 2.05) is 35.2 Å². The number of ether oxygens (including phenoxy) is 1. The lowest BCUT2D eigenvalue weighted by Gasteiger charge is -2.31. The van der Waals surface area contributed by atoms with Gasteiger partial charge in [0.25, 0.3) is 11.8 Å². The van der Waals surface area contributed by atoms with Crippen LogP contribution in [0.3, 0.4) is 0 Å². The molecule has 3 rings (SSSR count). The summed E-state index contributed by atoms with van der Waals surface area (Å²) in [5.74, 6) is 0.923. The van der Waals surface area contributed by atoms with Crippen molar-refractivity contribution in [3.05, 3.63) is 71.4 Å². The summed E-state index contributed by atoms with van der Waals surface area (Å²) in [5, 5.41) is 2.82. The second-order valence-corrected chi connectivity index (χ2v) is 7.13. The number of rotatable bonds is 5. The van der Waals surface area contributed by atoms with Crippen LogP contribution in [-0.4, -0.2) is 36.9 Å². The topological polar surface area (TPSA) is 58.6 Å². The summed E-state index contributed by atoms with van der Waals surface area (Å²) in [7, 11) is 1.61. The van der Waals surface area contributed by atoms with Gasteiger partial charge in [0.05, 0.1) is 7.11 Å². The molecule has 28 heavy (non-hydrogen) atoms. The Balaban J connectivity index is 1.85. The first-order valence-electron chi connectivity index (χ1n) is 9.58. The summed E-state index contributed by atoms with van der Waals surface area (Å²) in [6.07, 6.45) is 3.68. The van der Waals surface area contributed by atoms with Crippen LogP contribution in [0.1, 0.15) is 35.7 Å². The predicted octanol–water partition coefficient (Wildman–Crippen LogP) is 3.72. The average molecular weight is 378 g/mol. The van der Waals surface area contributed by atoms with Crippen LogP contribution >= 0.6 is 0 Å². The second-order valence-electron chi connectivity index (χ2n) is 7.13. The Hall–Kier alpha value is -3.08. The number of likely N-dealkylation sites (tertiary alicyclic amines) is 1. The van der Waals surface area contributed by atoms with E-state index in [0.29, 0.717) is 24.6 Å². The van der Waals surface area contributed by atoms with Crippen LogP contribution in [0.5, 0.6) is 5.75 Å². The zero-order valence-electron chi connectivity index (χ0n) is 16.4. The highest BCUT2D eigenvalue weighted by Gasteiger charge is 2.24. The van der Waals surface area contributed by atoms with Crippen molar-refractivity contribution < 1.29 is 14.3 Å². The molecular weight excluding hydrogens is 352 g/mol. The van der Waals surface area contributed by atoms with Crippen molar-refractivity contribution in [2.75, 3.05) is 20.2 Å². The van der Waals surface area contributed by atoms with E-state index in [1.165, 1.54) is 0 Å². The molecule has 0 aliphatic carbocycles. The Bertz CT molecular complexity index is 836. The molecule has 1 heterocycles. The number of hydrogen-bond acceptors (Lipinski definition) is 3. The molecule has 0 unspecified atom stereocenters. The monoisotopic (exact) mass is 378 g/mol. The van der Waals surface area contributed by atoms with Crippen LogP contribution in [-0.2, 0) is 4.79 Å². The van der Waals surface area contributed by atoms with Crippen LogP contribution < -0.4 is 10.1 Å². The number of amides is 2. The number of carbonyl (C=O) groups is 2. The average Bonchev–Trinajstić information content (AvgIpc) is 2.74. The minimum atomic E-state index is -0.293. The smallest absolute Gasteiger partial charge is 0.270 e. The van der Waals surface area contributed by atoms with Gasteiger partial charge >= 0.3 is 0 Å². The van der Waals surface area contributed by atoms with Crippen LogP contribution in [0.15, 0.2) is 60.3 Å². The molecule has 5 nitrogen and oxygen atoms in total. The number of hydrogen-bond donors (Lipinski definition) is 1. The first-order valence-corrected chi connectivity index (χ1v) is 9.58. The van der Waals surface area contributed by atoms with Gasteiger partial charge in [-0.05, 0) is 54.7 Å². The van der Waals surface area contributed by atoms with Gasteiger partial charge in [-0.1, -0.05) is 37.3 Å². The van der Waals surface area contributed by atoms with Crippen molar-refractivity contribution in [3.8, 4) is 5.75 Å². The van der Waals surface area contributed by atoms with Gasteiger partial charge in [-0.25, -0.2) is 0 Å². The van der Waals surface area contributed by atoms with E-state index in [-0.39, 0.29) is 17.5 Å². The fourth-order valence-corrected chi connectivity index (χ4v) is 3.18. The molecule has 1 saturated heterocycles. The Morgan fingerprint density at radius 2 is 1.68 bits per heavy atom. The van der Waals surface area contributed by atoms with Gasteiger partial charge in [0.2, 0.25) is 0 Å². The third-order valence-electron chi connectivity index (χ3n) is 5.01. The SMILES string of the molecule is COc1ccc(/C=C(/NC(=O)c2ccccc2)C(=O)N2CCC(C)CC2)cc1. The fraction of sp³-hybridized carbons (Fsp3) is 0.304. The Morgan fingerprint density at radius 1 is 1.04 bits per heavy atom. The van der Waals surface area contributed by atoms with Gasteiger partial charge in [0.15, 0.2) is 0 Å². The quantitative estimate of drug-likeness (QED) is 0.807. The first-order chi connectivity index (χ1) is 13.6. The normalized spacial score (nSPS) is 15.2. The maximum Gasteiger partial charge on any atom is 0.270 e. The molecule has 2 aromatic carbocycles. The van der Waals surface area contributed by atoms with Crippen molar-refractivity contribution in [2.45, 2.75) is 19.8 Å². The molecule has 0 saturated carbocycles. The minimum Gasteiger partial charge on any atom is -0.497 e. The summed E-state index contributed by atoms with van der Waals surface area (Å²) in [5.41, 5.74) is 1.62. The summed E-state index contributed by atoms with van der Waals surface area (Å²) in [4.78, 5) is 27.6. The molecule has 0 spiro atoms. The number of piperidine rings is 1. The van der Waals surface area contributed by atoms with Gasteiger partial charge in [-0.3, -0.25) is 9.59 Å². The highest BCUT2D eigenvalue weighted by Crippen LogP contribution is 2.19. The lowest BCUT2D eigenvalue weighted by Crippen LogP contribution is -2.42. The van der Waals surface area contributed by atoms with Gasteiger partial charge < -0.3 is 15.0 Å². The van der Waals surface area contributed by atoms with Crippen molar-refractivity contribution in [2.24, 2.45) is 5.92 Å². The third-order valence-corrected chi connectivity index (χ3v) is 5.01. The Morgan fingerprint density at radius 3 is 2.29 bits per heavy atom. The summed E-state index contributed by atoms with van der Waals surface area (Å²) in [6.45, 7) is 3.62. The van der Waals surface area contributed by atoms with Gasteiger partial charge in [0, 0.05) is 18.7 Å². The molecule has 5 heteroatoms. The highest BCUT2D eigenvalue weighted by atomic mass is 16.5. The molecular formula is C23H26N2O3. The first kappa shape index (κ1) is 19.7. The van der Waals surface area contributed by atoms with Crippen LogP contribution in [0.2, 0.25) is 0 Å². The standard InChI is InChI=1S/C23H26N2O3/c1-17-12-14-25(15-13-17)23(27)21(16-18-8-10-20(28-2)11-9-18)24-22(26)19-6-4-3-5-7-19/h3-11,16-17H,12-15H2,1-2H3,(H,24,26)/b21-16+. The number of carbonyl (C=O) groups excluding carboxylic acids is 2. The van der Waals surface area contributed by atoms with E-state index in [0.717, 1.165) is 24.2 Å². The molecule has 0 bridgehead atoms. The second kappa shape index (κ2) is 9.22. The fourth-order valence-electron chi connectivity index (χ4n) is 3.18. The molecule has 1 aliphatic heterocycles. The molecule has 2 amide bonds. The number of nitrogens with one attached hydrogen (secondary N) is 1. The minimum absolute atomic E-state index is 0.146. The van der Waals surface area contributed by atoms with Crippen molar-refractivity contribution in [1.29, 1.82) is 0 Å². The van der Waals surface area contributed by atoms with E-state index in [4.69, 9.17) is 4.74 Å². The highest BCUT2D eigenvalue weighted by molar-refractivity contribution is 6.05. The molecule has 1 N–H and O–H groups in total. The summed E-state index contributed by atoms with van der Waals surface area (Å²) >= 11 is 0. The molecule has 0 radical (unpaired) electrons.